The molecule has 0 bridgehead atoms. The number of aromatic nitrogens is 2. The lowest BCUT2D eigenvalue weighted by Gasteiger charge is -2.18. The fourth-order valence-corrected chi connectivity index (χ4v) is 2.83. The van der Waals surface area contributed by atoms with Gasteiger partial charge in [0, 0.05) is 11.6 Å². The Morgan fingerprint density at radius 3 is 2.67 bits per heavy atom. The Bertz CT molecular complexity index is 590. The summed E-state index contributed by atoms with van der Waals surface area (Å²) < 4.78 is 2.11. The van der Waals surface area contributed by atoms with Crippen molar-refractivity contribution in [2.45, 2.75) is 39.8 Å². The Morgan fingerprint density at radius 2 is 2.05 bits per heavy atom. The lowest BCUT2D eigenvalue weighted by atomic mass is 10.3. The number of fused-ring (bicyclic) bond motifs is 1. The molecule has 0 saturated carbocycles. The molecule has 4 nitrogen and oxygen atoms in total. The second-order valence-corrected chi connectivity index (χ2v) is 5.75. The van der Waals surface area contributed by atoms with E-state index in [9.17, 15) is 5.11 Å². The van der Waals surface area contributed by atoms with Gasteiger partial charge in [0.1, 0.15) is 11.9 Å². The van der Waals surface area contributed by atoms with Crippen molar-refractivity contribution in [3.8, 4) is 0 Å². The molecule has 21 heavy (non-hydrogen) atoms. The molecule has 0 fully saturated rings. The number of halogens is 1. The van der Waals surface area contributed by atoms with Gasteiger partial charge in [0.25, 0.3) is 0 Å². The Morgan fingerprint density at radius 1 is 1.33 bits per heavy atom. The van der Waals surface area contributed by atoms with Crippen LogP contribution in [0.1, 0.15) is 39.1 Å². The van der Waals surface area contributed by atoms with Crippen molar-refractivity contribution in [1.82, 2.24) is 14.5 Å². The van der Waals surface area contributed by atoms with E-state index in [2.05, 4.69) is 28.3 Å². The molecular weight excluding hydrogens is 286 g/mol. The molecule has 1 aromatic carbocycles. The van der Waals surface area contributed by atoms with Crippen molar-refractivity contribution in [1.29, 1.82) is 0 Å². The van der Waals surface area contributed by atoms with Gasteiger partial charge in [0.05, 0.1) is 11.0 Å². The topological polar surface area (TPSA) is 41.3 Å². The van der Waals surface area contributed by atoms with Crippen LogP contribution in [0.3, 0.4) is 0 Å². The van der Waals surface area contributed by atoms with Crippen LogP contribution < -0.4 is 0 Å². The highest BCUT2D eigenvalue weighted by molar-refractivity contribution is 6.31. The van der Waals surface area contributed by atoms with Crippen LogP contribution in [0.2, 0.25) is 5.02 Å². The predicted molar refractivity (Wildman–Crippen MR) is 87.8 cm³/mol. The maximum absolute atomic E-state index is 9.95. The lowest BCUT2D eigenvalue weighted by Crippen LogP contribution is -2.25. The first-order valence-corrected chi connectivity index (χ1v) is 8.00. The van der Waals surface area contributed by atoms with Crippen molar-refractivity contribution >= 4 is 22.6 Å². The number of benzene rings is 1. The lowest BCUT2D eigenvalue weighted by molar-refractivity contribution is 0.183. The summed E-state index contributed by atoms with van der Waals surface area (Å²) in [6, 6.07) is 5.70. The average Bonchev–Trinajstić information content (AvgIpc) is 2.81. The smallest absolute Gasteiger partial charge is 0.138 e. The molecule has 0 aliphatic rings. The summed E-state index contributed by atoms with van der Waals surface area (Å²) in [6.07, 6.45) is 0.458. The Hall–Kier alpha value is -1.10. The van der Waals surface area contributed by atoms with Crippen LogP contribution >= 0.6 is 11.6 Å². The minimum atomic E-state index is -0.579. The van der Waals surface area contributed by atoms with E-state index < -0.39 is 6.10 Å². The molecule has 1 unspecified atom stereocenters. The van der Waals surface area contributed by atoms with Crippen LogP contribution in [-0.4, -0.2) is 39.2 Å². The van der Waals surface area contributed by atoms with Crippen LogP contribution in [0.15, 0.2) is 18.2 Å². The molecule has 5 heteroatoms. The minimum Gasteiger partial charge on any atom is -0.385 e. The van der Waals surface area contributed by atoms with E-state index in [0.29, 0.717) is 10.8 Å². The Kier molecular flexibility index (Phi) is 5.62. The van der Waals surface area contributed by atoms with Gasteiger partial charge in [-0.3, -0.25) is 0 Å². The fraction of sp³-hybridized carbons (Fsp3) is 0.562. The number of aliphatic hydroxyl groups is 1. The summed E-state index contributed by atoms with van der Waals surface area (Å²) in [5, 5.41) is 10.6. The second kappa shape index (κ2) is 7.25. The molecule has 0 aliphatic heterocycles. The largest absolute Gasteiger partial charge is 0.385 e. The molecule has 1 heterocycles. The summed E-state index contributed by atoms with van der Waals surface area (Å²) in [5.74, 6) is 0.715. The minimum absolute atomic E-state index is 0.579. The van der Waals surface area contributed by atoms with Gasteiger partial charge in [-0.15, -0.1) is 0 Å². The number of hydrogen-bond acceptors (Lipinski definition) is 3. The molecule has 0 amide bonds. The van der Waals surface area contributed by atoms with E-state index in [4.69, 9.17) is 11.6 Å². The zero-order valence-corrected chi connectivity index (χ0v) is 13.8. The molecular formula is C16H24ClN3O. The van der Waals surface area contributed by atoms with Gasteiger partial charge in [-0.2, -0.15) is 0 Å². The first-order valence-electron chi connectivity index (χ1n) is 7.62. The number of imidazole rings is 1. The summed E-state index contributed by atoms with van der Waals surface area (Å²) >= 11 is 6.02. The summed E-state index contributed by atoms with van der Waals surface area (Å²) in [5.41, 5.74) is 1.89. The number of nitrogens with zero attached hydrogens (tertiary/aromatic N) is 3. The molecule has 1 atom stereocenters. The van der Waals surface area contributed by atoms with Crippen molar-refractivity contribution in [2.75, 3.05) is 19.6 Å². The summed E-state index contributed by atoms with van der Waals surface area (Å²) in [6.45, 7) is 10.2. The summed E-state index contributed by atoms with van der Waals surface area (Å²) in [4.78, 5) is 6.93. The molecule has 0 spiro atoms. The standard InChI is InChI=1S/C16H24ClN3O/c1-4-19(5-2)9-6-10-20-15-8-7-13(17)11-14(15)18-16(20)12(3)21/h7-8,11-12,21H,4-6,9-10H2,1-3H3. The van der Waals surface area contributed by atoms with Crippen LogP contribution in [0, 0.1) is 0 Å². The van der Waals surface area contributed by atoms with Gasteiger partial charge in [-0.25, -0.2) is 4.98 Å². The number of aliphatic hydroxyl groups excluding tert-OH is 1. The Balaban J connectivity index is 2.22. The molecule has 2 aromatic rings. The van der Waals surface area contributed by atoms with Crippen LogP contribution in [0.25, 0.3) is 11.0 Å². The maximum Gasteiger partial charge on any atom is 0.138 e. The van der Waals surface area contributed by atoms with E-state index in [1.807, 2.05) is 18.2 Å². The fourth-order valence-electron chi connectivity index (χ4n) is 2.67. The maximum atomic E-state index is 9.95. The number of rotatable bonds is 7. The Labute approximate surface area is 131 Å². The van der Waals surface area contributed by atoms with Crippen LogP contribution in [0.5, 0.6) is 0 Å². The SMILES string of the molecule is CCN(CC)CCCn1c(C(C)O)nc2cc(Cl)ccc21. The number of hydrogen-bond donors (Lipinski definition) is 1. The zero-order valence-electron chi connectivity index (χ0n) is 13.0. The first-order chi connectivity index (χ1) is 10.1. The van der Waals surface area contributed by atoms with Crippen molar-refractivity contribution in [3.05, 3.63) is 29.0 Å². The predicted octanol–water partition coefficient (Wildman–Crippen LogP) is 3.47. The van der Waals surface area contributed by atoms with Gasteiger partial charge in [0.15, 0.2) is 0 Å². The molecule has 116 valence electrons. The van der Waals surface area contributed by atoms with Crippen molar-refractivity contribution in [2.24, 2.45) is 0 Å². The van der Waals surface area contributed by atoms with Gasteiger partial charge in [-0.1, -0.05) is 25.4 Å². The molecule has 0 saturated heterocycles. The third kappa shape index (κ3) is 3.76. The van der Waals surface area contributed by atoms with Crippen molar-refractivity contribution in [3.63, 3.8) is 0 Å². The van der Waals surface area contributed by atoms with Gasteiger partial charge in [0.2, 0.25) is 0 Å². The highest BCUT2D eigenvalue weighted by atomic mass is 35.5. The second-order valence-electron chi connectivity index (χ2n) is 5.31. The van der Waals surface area contributed by atoms with E-state index in [1.165, 1.54) is 0 Å². The highest BCUT2D eigenvalue weighted by Gasteiger charge is 2.15. The first kappa shape index (κ1) is 16.3. The molecule has 1 aromatic heterocycles. The van der Waals surface area contributed by atoms with E-state index in [0.717, 1.165) is 43.6 Å². The van der Waals surface area contributed by atoms with Crippen molar-refractivity contribution < 1.29 is 5.11 Å². The van der Waals surface area contributed by atoms with Crippen LogP contribution in [0.4, 0.5) is 0 Å². The van der Waals surface area contributed by atoms with Gasteiger partial charge in [-0.05, 0) is 51.2 Å². The highest BCUT2D eigenvalue weighted by Crippen LogP contribution is 2.24. The quantitative estimate of drug-likeness (QED) is 0.851. The molecule has 2 rings (SSSR count). The van der Waals surface area contributed by atoms with Crippen LogP contribution in [-0.2, 0) is 6.54 Å². The average molecular weight is 310 g/mol. The molecule has 0 aliphatic carbocycles. The normalized spacial score (nSPS) is 13.2. The monoisotopic (exact) mass is 309 g/mol. The molecule has 0 radical (unpaired) electrons. The third-order valence-corrected chi connectivity index (χ3v) is 4.10. The summed E-state index contributed by atoms with van der Waals surface area (Å²) in [7, 11) is 0. The number of aryl methyl sites for hydroxylation is 1. The molecule has 1 N–H and O–H groups in total. The van der Waals surface area contributed by atoms with Gasteiger partial charge >= 0.3 is 0 Å². The van der Waals surface area contributed by atoms with Gasteiger partial charge < -0.3 is 14.6 Å². The third-order valence-electron chi connectivity index (χ3n) is 3.86. The van der Waals surface area contributed by atoms with E-state index in [-0.39, 0.29) is 0 Å². The zero-order chi connectivity index (χ0) is 15.4. The van der Waals surface area contributed by atoms with E-state index in [1.54, 1.807) is 6.92 Å². The van der Waals surface area contributed by atoms with E-state index >= 15 is 0 Å².